The summed E-state index contributed by atoms with van der Waals surface area (Å²) < 4.78 is 15.7. The van der Waals surface area contributed by atoms with Gasteiger partial charge in [0.15, 0.2) is 11.5 Å². The fourth-order valence-corrected chi connectivity index (χ4v) is 2.08. The molecular formula is C15H23NO4. The van der Waals surface area contributed by atoms with Crippen molar-refractivity contribution in [1.82, 2.24) is 5.32 Å². The molecule has 2 N–H and O–H groups in total. The van der Waals surface area contributed by atoms with Crippen LogP contribution < -0.4 is 14.8 Å². The van der Waals surface area contributed by atoms with Crippen LogP contribution in [0.3, 0.4) is 0 Å². The minimum atomic E-state index is -0.777. The van der Waals surface area contributed by atoms with Crippen LogP contribution >= 0.6 is 0 Å². The maximum absolute atomic E-state index is 10.2. The molecule has 0 radical (unpaired) electrons. The first-order valence-corrected chi connectivity index (χ1v) is 6.86. The average Bonchev–Trinajstić information content (AvgIpc) is 2.90. The molecule has 0 spiro atoms. The summed E-state index contributed by atoms with van der Waals surface area (Å²) in [7, 11) is 1.64. The lowest BCUT2D eigenvalue weighted by atomic mass is 10.0. The van der Waals surface area contributed by atoms with E-state index in [-0.39, 0.29) is 12.8 Å². The summed E-state index contributed by atoms with van der Waals surface area (Å²) >= 11 is 0. The lowest BCUT2D eigenvalue weighted by Crippen LogP contribution is -2.39. The Bertz CT molecular complexity index is 447. The normalized spacial score (nSPS) is 17.8. The highest BCUT2D eigenvalue weighted by atomic mass is 16.7. The second-order valence-corrected chi connectivity index (χ2v) is 5.46. The number of aliphatic hydroxyl groups is 1. The maximum atomic E-state index is 10.2. The van der Waals surface area contributed by atoms with Crippen molar-refractivity contribution in [2.45, 2.75) is 31.9 Å². The summed E-state index contributed by atoms with van der Waals surface area (Å²) in [4.78, 5) is 0. The molecule has 2 rings (SSSR count). The quantitative estimate of drug-likeness (QED) is 0.799. The molecule has 0 fully saturated rings. The van der Waals surface area contributed by atoms with E-state index in [0.717, 1.165) is 17.1 Å². The Hall–Kier alpha value is -1.30. The van der Waals surface area contributed by atoms with Crippen molar-refractivity contribution < 1.29 is 19.3 Å². The SMILES string of the molecule is COCCC(C)(O)CNC(C)c1ccc2c(c1)OCO2. The number of rotatable bonds is 7. The van der Waals surface area contributed by atoms with E-state index in [1.165, 1.54) is 0 Å². The molecule has 1 aliphatic rings. The first-order chi connectivity index (χ1) is 9.52. The van der Waals surface area contributed by atoms with Gasteiger partial charge in [-0.05, 0) is 31.5 Å². The minimum Gasteiger partial charge on any atom is -0.454 e. The topological polar surface area (TPSA) is 60.0 Å². The number of fused-ring (bicyclic) bond motifs is 1. The van der Waals surface area contributed by atoms with Gasteiger partial charge in [0, 0.05) is 32.7 Å². The molecule has 0 saturated carbocycles. The van der Waals surface area contributed by atoms with E-state index in [1.807, 2.05) is 25.1 Å². The summed E-state index contributed by atoms with van der Waals surface area (Å²) in [5.74, 6) is 1.57. The third kappa shape index (κ3) is 3.85. The predicted octanol–water partition coefficient (Wildman–Crippen LogP) is 1.85. The van der Waals surface area contributed by atoms with E-state index in [4.69, 9.17) is 14.2 Å². The van der Waals surface area contributed by atoms with Crippen molar-refractivity contribution in [3.05, 3.63) is 23.8 Å². The van der Waals surface area contributed by atoms with Crippen LogP contribution in [0.1, 0.15) is 31.9 Å². The van der Waals surface area contributed by atoms with Crippen molar-refractivity contribution >= 4 is 0 Å². The van der Waals surface area contributed by atoms with Crippen molar-refractivity contribution in [2.24, 2.45) is 0 Å². The molecule has 0 aromatic heterocycles. The molecule has 2 unspecified atom stereocenters. The molecule has 1 heterocycles. The highest BCUT2D eigenvalue weighted by molar-refractivity contribution is 5.45. The van der Waals surface area contributed by atoms with Gasteiger partial charge in [0.2, 0.25) is 6.79 Å². The predicted molar refractivity (Wildman–Crippen MR) is 76.1 cm³/mol. The Morgan fingerprint density at radius 3 is 2.90 bits per heavy atom. The standard InChI is InChI=1S/C15H23NO4/c1-11(16-9-15(2,17)6-7-18-3)12-4-5-13-14(8-12)20-10-19-13/h4-5,8,11,16-17H,6-7,9-10H2,1-3H3. The van der Waals surface area contributed by atoms with Crippen molar-refractivity contribution in [3.8, 4) is 11.5 Å². The lowest BCUT2D eigenvalue weighted by molar-refractivity contribution is 0.0231. The number of methoxy groups -OCH3 is 1. The number of hydrogen-bond donors (Lipinski definition) is 2. The summed E-state index contributed by atoms with van der Waals surface area (Å²) in [6.07, 6.45) is 0.602. The highest BCUT2D eigenvalue weighted by Crippen LogP contribution is 2.34. The molecule has 0 saturated heterocycles. The smallest absolute Gasteiger partial charge is 0.231 e. The lowest BCUT2D eigenvalue weighted by Gasteiger charge is -2.26. The Labute approximate surface area is 119 Å². The molecule has 1 aromatic rings. The van der Waals surface area contributed by atoms with Crippen LogP contribution in [0.4, 0.5) is 0 Å². The van der Waals surface area contributed by atoms with Crippen LogP contribution in [0.15, 0.2) is 18.2 Å². The molecule has 1 aliphatic heterocycles. The molecule has 5 nitrogen and oxygen atoms in total. The van der Waals surface area contributed by atoms with Crippen molar-refractivity contribution in [1.29, 1.82) is 0 Å². The van der Waals surface area contributed by atoms with E-state index in [2.05, 4.69) is 12.2 Å². The molecule has 0 bridgehead atoms. The van der Waals surface area contributed by atoms with Gasteiger partial charge in [-0.15, -0.1) is 0 Å². The van der Waals surface area contributed by atoms with E-state index in [1.54, 1.807) is 7.11 Å². The molecule has 20 heavy (non-hydrogen) atoms. The van der Waals surface area contributed by atoms with E-state index in [0.29, 0.717) is 19.6 Å². The fraction of sp³-hybridized carbons (Fsp3) is 0.600. The van der Waals surface area contributed by atoms with Gasteiger partial charge < -0.3 is 24.6 Å². The Kier molecular flexibility index (Phi) is 4.86. The summed E-state index contributed by atoms with van der Waals surface area (Å²) in [5, 5.41) is 13.5. The van der Waals surface area contributed by atoms with Gasteiger partial charge in [0.1, 0.15) is 0 Å². The maximum Gasteiger partial charge on any atom is 0.231 e. The van der Waals surface area contributed by atoms with Gasteiger partial charge in [-0.25, -0.2) is 0 Å². The molecule has 5 heteroatoms. The third-order valence-corrected chi connectivity index (χ3v) is 3.53. The van der Waals surface area contributed by atoms with Gasteiger partial charge in [0.25, 0.3) is 0 Å². The van der Waals surface area contributed by atoms with Gasteiger partial charge in [0.05, 0.1) is 5.60 Å². The van der Waals surface area contributed by atoms with Crippen LogP contribution in [0.25, 0.3) is 0 Å². The summed E-state index contributed by atoms with van der Waals surface area (Å²) in [5.41, 5.74) is 0.331. The van der Waals surface area contributed by atoms with Gasteiger partial charge in [-0.2, -0.15) is 0 Å². The fourth-order valence-electron chi connectivity index (χ4n) is 2.08. The van der Waals surface area contributed by atoms with E-state index < -0.39 is 5.60 Å². The minimum absolute atomic E-state index is 0.124. The van der Waals surface area contributed by atoms with Crippen molar-refractivity contribution in [2.75, 3.05) is 27.1 Å². The number of hydrogen-bond acceptors (Lipinski definition) is 5. The second-order valence-electron chi connectivity index (χ2n) is 5.46. The largest absolute Gasteiger partial charge is 0.454 e. The monoisotopic (exact) mass is 281 g/mol. The second kappa shape index (κ2) is 6.43. The van der Waals surface area contributed by atoms with Gasteiger partial charge >= 0.3 is 0 Å². The number of benzene rings is 1. The van der Waals surface area contributed by atoms with Crippen molar-refractivity contribution in [3.63, 3.8) is 0 Å². The van der Waals surface area contributed by atoms with Crippen LogP contribution in [-0.2, 0) is 4.74 Å². The highest BCUT2D eigenvalue weighted by Gasteiger charge is 2.21. The summed E-state index contributed by atoms with van der Waals surface area (Å²) in [6.45, 7) is 5.21. The first-order valence-electron chi connectivity index (χ1n) is 6.86. The van der Waals surface area contributed by atoms with Crippen LogP contribution in [0, 0.1) is 0 Å². The Balaban J connectivity index is 1.90. The molecule has 1 aromatic carbocycles. The van der Waals surface area contributed by atoms with Crippen LogP contribution in [0.5, 0.6) is 11.5 Å². The van der Waals surface area contributed by atoms with Crippen LogP contribution in [0.2, 0.25) is 0 Å². The van der Waals surface area contributed by atoms with Gasteiger partial charge in [-0.3, -0.25) is 0 Å². The van der Waals surface area contributed by atoms with E-state index >= 15 is 0 Å². The average molecular weight is 281 g/mol. The number of nitrogens with one attached hydrogen (secondary N) is 1. The molecule has 2 atom stereocenters. The first kappa shape index (κ1) is 15.1. The Morgan fingerprint density at radius 1 is 1.40 bits per heavy atom. The number of ether oxygens (including phenoxy) is 3. The van der Waals surface area contributed by atoms with Crippen LogP contribution in [-0.4, -0.2) is 37.8 Å². The zero-order valence-corrected chi connectivity index (χ0v) is 12.3. The zero-order valence-electron chi connectivity index (χ0n) is 12.3. The molecular weight excluding hydrogens is 258 g/mol. The molecule has 112 valence electrons. The zero-order chi connectivity index (χ0) is 14.6. The molecule has 0 amide bonds. The van der Waals surface area contributed by atoms with Gasteiger partial charge in [-0.1, -0.05) is 6.07 Å². The molecule has 0 aliphatic carbocycles. The Morgan fingerprint density at radius 2 is 2.15 bits per heavy atom. The summed E-state index contributed by atoms with van der Waals surface area (Å²) in [6, 6.07) is 6.02. The van der Waals surface area contributed by atoms with E-state index in [9.17, 15) is 5.11 Å². The third-order valence-electron chi connectivity index (χ3n) is 3.53.